The molecule has 1 spiro atoms. The first-order valence-electron chi connectivity index (χ1n) is 5.12. The number of ketones is 1. The Labute approximate surface area is 73.7 Å². The molecule has 1 N–H and O–H groups in total. The van der Waals surface area contributed by atoms with Gasteiger partial charge in [-0.2, -0.15) is 0 Å². The highest BCUT2D eigenvalue weighted by atomic mass is 16.1. The molecule has 2 aliphatic rings. The maximum absolute atomic E-state index is 11.7. The first-order valence-corrected chi connectivity index (χ1v) is 5.12. The minimum Gasteiger partial charge on any atom is -0.305 e. The Morgan fingerprint density at radius 1 is 1.08 bits per heavy atom. The van der Waals surface area contributed by atoms with Gasteiger partial charge in [-0.15, -0.1) is 0 Å². The molecule has 2 fully saturated rings. The summed E-state index contributed by atoms with van der Waals surface area (Å²) in [4.78, 5) is 11.7. The molecule has 0 aromatic heterocycles. The van der Waals surface area contributed by atoms with E-state index in [-0.39, 0.29) is 5.54 Å². The van der Waals surface area contributed by atoms with Crippen LogP contribution in [0.15, 0.2) is 0 Å². The molecular formula is C10H17NO. The molecule has 0 bridgehead atoms. The van der Waals surface area contributed by atoms with Gasteiger partial charge in [-0.3, -0.25) is 4.79 Å². The van der Waals surface area contributed by atoms with Gasteiger partial charge in [-0.25, -0.2) is 0 Å². The number of Topliss-reactive ketones (excluding diaryl/α,β-unsaturated/α-hetero) is 1. The van der Waals surface area contributed by atoms with Crippen LogP contribution < -0.4 is 5.32 Å². The minimum absolute atomic E-state index is 0.0729. The van der Waals surface area contributed by atoms with Gasteiger partial charge in [0.05, 0.1) is 5.54 Å². The van der Waals surface area contributed by atoms with Gasteiger partial charge in [0.2, 0.25) is 0 Å². The Kier molecular flexibility index (Phi) is 2.18. The van der Waals surface area contributed by atoms with Crippen LogP contribution in [0.25, 0.3) is 0 Å². The number of piperidine rings is 1. The molecule has 0 unspecified atom stereocenters. The molecule has 2 nitrogen and oxygen atoms in total. The van der Waals surface area contributed by atoms with Crippen LogP contribution in [0.5, 0.6) is 0 Å². The van der Waals surface area contributed by atoms with E-state index in [1.54, 1.807) is 0 Å². The Morgan fingerprint density at radius 2 is 1.83 bits per heavy atom. The summed E-state index contributed by atoms with van der Waals surface area (Å²) in [5.74, 6) is 0.480. The van der Waals surface area contributed by atoms with Gasteiger partial charge >= 0.3 is 0 Å². The van der Waals surface area contributed by atoms with Crippen molar-refractivity contribution in [2.45, 2.75) is 50.5 Å². The lowest BCUT2D eigenvalue weighted by molar-refractivity contribution is -0.128. The van der Waals surface area contributed by atoms with E-state index >= 15 is 0 Å². The van der Waals surface area contributed by atoms with Crippen LogP contribution in [0.3, 0.4) is 0 Å². The SMILES string of the molecule is O=C1CCCNC12CCCCC2. The number of carbonyl (C=O) groups excluding carboxylic acids is 1. The van der Waals surface area contributed by atoms with Gasteiger partial charge in [-0.05, 0) is 25.8 Å². The highest BCUT2D eigenvalue weighted by molar-refractivity contribution is 5.89. The van der Waals surface area contributed by atoms with Crippen molar-refractivity contribution in [2.24, 2.45) is 0 Å². The van der Waals surface area contributed by atoms with E-state index in [9.17, 15) is 4.79 Å². The largest absolute Gasteiger partial charge is 0.305 e. The quantitative estimate of drug-likeness (QED) is 0.594. The first kappa shape index (κ1) is 8.24. The first-order chi connectivity index (χ1) is 5.83. The maximum Gasteiger partial charge on any atom is 0.152 e. The molecule has 1 saturated carbocycles. The van der Waals surface area contributed by atoms with Gasteiger partial charge in [0.15, 0.2) is 5.78 Å². The molecule has 12 heavy (non-hydrogen) atoms. The van der Waals surface area contributed by atoms with Crippen LogP contribution in [0.1, 0.15) is 44.9 Å². The average Bonchev–Trinajstić information content (AvgIpc) is 2.12. The second kappa shape index (κ2) is 3.17. The summed E-state index contributed by atoms with van der Waals surface area (Å²) in [6, 6.07) is 0. The molecule has 1 saturated heterocycles. The van der Waals surface area contributed by atoms with E-state index in [4.69, 9.17) is 0 Å². The molecule has 0 radical (unpaired) electrons. The average molecular weight is 167 g/mol. The van der Waals surface area contributed by atoms with Crippen molar-refractivity contribution in [1.82, 2.24) is 5.32 Å². The Bertz CT molecular complexity index is 174. The van der Waals surface area contributed by atoms with Crippen molar-refractivity contribution in [3.63, 3.8) is 0 Å². The second-order valence-electron chi connectivity index (χ2n) is 4.10. The number of nitrogens with one attached hydrogen (secondary N) is 1. The van der Waals surface area contributed by atoms with E-state index in [1.807, 2.05) is 0 Å². The van der Waals surface area contributed by atoms with Gasteiger partial charge in [-0.1, -0.05) is 19.3 Å². The lowest BCUT2D eigenvalue weighted by Crippen LogP contribution is -2.56. The van der Waals surface area contributed by atoms with E-state index in [2.05, 4.69) is 5.32 Å². The molecule has 1 heterocycles. The lowest BCUT2D eigenvalue weighted by Gasteiger charge is -2.39. The molecular weight excluding hydrogens is 150 g/mol. The Balaban J connectivity index is 2.09. The highest BCUT2D eigenvalue weighted by Crippen LogP contribution is 2.31. The Hall–Kier alpha value is -0.370. The predicted octanol–water partition coefficient (Wildman–Crippen LogP) is 1.64. The van der Waals surface area contributed by atoms with Crippen LogP contribution >= 0.6 is 0 Å². The highest BCUT2D eigenvalue weighted by Gasteiger charge is 2.39. The molecule has 1 aliphatic carbocycles. The summed E-state index contributed by atoms with van der Waals surface area (Å²) < 4.78 is 0. The zero-order valence-corrected chi connectivity index (χ0v) is 7.57. The number of rotatable bonds is 0. The normalized spacial score (nSPS) is 29.2. The van der Waals surface area contributed by atoms with Crippen LogP contribution in [-0.4, -0.2) is 17.9 Å². The standard InChI is InChI=1S/C10H17NO/c12-9-5-4-8-11-10(9)6-2-1-3-7-10/h11H,1-8H2. The zero-order valence-electron chi connectivity index (χ0n) is 7.57. The molecule has 0 atom stereocenters. The van der Waals surface area contributed by atoms with E-state index in [0.717, 1.165) is 32.2 Å². The summed E-state index contributed by atoms with van der Waals surface area (Å²) in [5, 5.41) is 3.43. The predicted molar refractivity (Wildman–Crippen MR) is 48.1 cm³/mol. The number of carbonyl (C=O) groups is 1. The summed E-state index contributed by atoms with van der Waals surface area (Å²) in [5.41, 5.74) is -0.0729. The van der Waals surface area contributed by atoms with Gasteiger partial charge in [0.1, 0.15) is 0 Å². The molecule has 1 aliphatic heterocycles. The molecule has 0 aromatic rings. The van der Waals surface area contributed by atoms with Crippen LogP contribution in [0.4, 0.5) is 0 Å². The fourth-order valence-corrected chi connectivity index (χ4v) is 2.53. The minimum atomic E-state index is -0.0729. The van der Waals surface area contributed by atoms with Crippen LogP contribution in [-0.2, 0) is 4.79 Å². The van der Waals surface area contributed by atoms with Crippen molar-refractivity contribution in [3.05, 3.63) is 0 Å². The Morgan fingerprint density at radius 3 is 2.50 bits per heavy atom. The third-order valence-corrected chi connectivity index (χ3v) is 3.28. The maximum atomic E-state index is 11.7. The van der Waals surface area contributed by atoms with Gasteiger partial charge in [0, 0.05) is 6.42 Å². The molecule has 2 heteroatoms. The van der Waals surface area contributed by atoms with E-state index < -0.39 is 0 Å². The number of hydrogen-bond acceptors (Lipinski definition) is 2. The van der Waals surface area contributed by atoms with Crippen molar-refractivity contribution in [3.8, 4) is 0 Å². The smallest absolute Gasteiger partial charge is 0.152 e. The van der Waals surface area contributed by atoms with Crippen LogP contribution in [0.2, 0.25) is 0 Å². The topological polar surface area (TPSA) is 29.1 Å². The third kappa shape index (κ3) is 1.28. The molecule has 2 rings (SSSR count). The van der Waals surface area contributed by atoms with E-state index in [1.165, 1.54) is 19.3 Å². The fraction of sp³-hybridized carbons (Fsp3) is 0.900. The molecule has 0 amide bonds. The molecule has 0 aromatic carbocycles. The number of hydrogen-bond donors (Lipinski definition) is 1. The summed E-state index contributed by atoms with van der Waals surface area (Å²) in [6.45, 7) is 1.05. The van der Waals surface area contributed by atoms with Gasteiger partial charge < -0.3 is 5.32 Å². The van der Waals surface area contributed by atoms with Gasteiger partial charge in [0.25, 0.3) is 0 Å². The van der Waals surface area contributed by atoms with Crippen molar-refractivity contribution in [1.29, 1.82) is 0 Å². The third-order valence-electron chi connectivity index (χ3n) is 3.28. The monoisotopic (exact) mass is 167 g/mol. The fourth-order valence-electron chi connectivity index (χ4n) is 2.53. The van der Waals surface area contributed by atoms with Crippen molar-refractivity contribution >= 4 is 5.78 Å². The molecule has 68 valence electrons. The van der Waals surface area contributed by atoms with Crippen molar-refractivity contribution in [2.75, 3.05) is 6.54 Å². The summed E-state index contributed by atoms with van der Waals surface area (Å²) in [6.07, 6.45) is 7.82. The zero-order chi connectivity index (χ0) is 8.44. The van der Waals surface area contributed by atoms with Crippen LogP contribution in [0, 0.1) is 0 Å². The summed E-state index contributed by atoms with van der Waals surface area (Å²) >= 11 is 0. The second-order valence-corrected chi connectivity index (χ2v) is 4.10. The summed E-state index contributed by atoms with van der Waals surface area (Å²) in [7, 11) is 0. The lowest BCUT2D eigenvalue weighted by atomic mass is 9.75. The van der Waals surface area contributed by atoms with E-state index in [0.29, 0.717) is 5.78 Å². The van der Waals surface area contributed by atoms with Crippen molar-refractivity contribution < 1.29 is 4.79 Å².